The first kappa shape index (κ1) is 8.25. The Morgan fingerprint density at radius 1 is 1.75 bits per heavy atom. The van der Waals surface area contributed by atoms with E-state index in [1.165, 1.54) is 6.92 Å². The maximum absolute atomic E-state index is 10.3. The second-order valence-corrected chi connectivity index (χ2v) is 2.33. The first-order chi connectivity index (χ1) is 5.52. The van der Waals surface area contributed by atoms with Crippen molar-refractivity contribution in [2.75, 3.05) is 0 Å². The summed E-state index contributed by atoms with van der Waals surface area (Å²) in [5.41, 5.74) is -0.156. The van der Waals surface area contributed by atoms with Crippen molar-refractivity contribution in [1.82, 2.24) is 4.73 Å². The van der Waals surface area contributed by atoms with E-state index in [0.29, 0.717) is 10.3 Å². The summed E-state index contributed by atoms with van der Waals surface area (Å²) in [6.45, 7) is 1.49. The van der Waals surface area contributed by atoms with E-state index in [9.17, 15) is 10.1 Å². The molecule has 64 valence electrons. The number of nitro groups is 1. The van der Waals surface area contributed by atoms with Crippen LogP contribution in [0.5, 0.6) is 0 Å². The number of aryl methyl sites for hydroxylation is 1. The van der Waals surface area contributed by atoms with Gasteiger partial charge in [-0.1, -0.05) is 0 Å². The van der Waals surface area contributed by atoms with Gasteiger partial charge in [-0.25, -0.2) is 0 Å². The fourth-order valence-electron chi connectivity index (χ4n) is 0.825. The number of hydrogen-bond acceptors (Lipinski definition) is 4. The minimum absolute atomic E-state index is 0.162. The summed E-state index contributed by atoms with van der Waals surface area (Å²) in [6.07, 6.45) is 1.13. The van der Waals surface area contributed by atoms with Gasteiger partial charge >= 0.3 is 0 Å². The van der Waals surface area contributed by atoms with Crippen molar-refractivity contribution >= 4 is 5.69 Å². The third-order valence-electron chi connectivity index (χ3n) is 1.44. The van der Waals surface area contributed by atoms with Crippen molar-refractivity contribution in [3.05, 3.63) is 33.4 Å². The number of rotatable bonds is 1. The van der Waals surface area contributed by atoms with Crippen LogP contribution < -0.4 is 5.49 Å². The zero-order valence-electron chi connectivity index (χ0n) is 6.31. The Labute approximate surface area is 67.3 Å². The first-order valence-corrected chi connectivity index (χ1v) is 3.14. The minimum atomic E-state index is -0.590. The molecule has 0 saturated carbocycles. The van der Waals surface area contributed by atoms with Crippen LogP contribution in [0.3, 0.4) is 0 Å². The van der Waals surface area contributed by atoms with Crippen LogP contribution in [-0.2, 0) is 0 Å². The summed E-state index contributed by atoms with van der Waals surface area (Å²) in [5.74, 6) is 0. The van der Waals surface area contributed by atoms with Gasteiger partial charge in [0.1, 0.15) is 0 Å². The molecule has 12 heavy (non-hydrogen) atoms. The van der Waals surface area contributed by atoms with E-state index in [0.717, 1.165) is 12.3 Å². The number of aromatic nitrogens is 1. The summed E-state index contributed by atoms with van der Waals surface area (Å²) in [5, 5.41) is 26.3. The summed E-state index contributed by atoms with van der Waals surface area (Å²) >= 11 is 0. The van der Waals surface area contributed by atoms with Crippen molar-refractivity contribution in [3.8, 4) is 0 Å². The second-order valence-electron chi connectivity index (χ2n) is 2.33. The van der Waals surface area contributed by atoms with Crippen molar-refractivity contribution < 1.29 is 10.1 Å². The van der Waals surface area contributed by atoms with Crippen LogP contribution in [-0.4, -0.2) is 14.9 Å². The molecule has 0 aromatic carbocycles. The Morgan fingerprint density at radius 3 is 2.83 bits per heavy atom. The minimum Gasteiger partial charge on any atom is -0.427 e. The smallest absolute Gasteiger partial charge is 0.277 e. The summed E-state index contributed by atoms with van der Waals surface area (Å²) in [7, 11) is 0. The van der Waals surface area contributed by atoms with Gasteiger partial charge < -0.3 is 5.21 Å². The van der Waals surface area contributed by atoms with Gasteiger partial charge in [-0.2, -0.15) is 4.73 Å². The number of pyridine rings is 1. The Balaban J connectivity index is 3.43. The first-order valence-electron chi connectivity index (χ1n) is 3.14. The molecule has 0 radical (unpaired) electrons. The molecule has 0 spiro atoms. The molecule has 0 unspecified atom stereocenters. The fraction of sp³-hybridized carbons (Fsp3) is 0.167. The lowest BCUT2D eigenvalue weighted by molar-refractivity contribution is -0.385. The van der Waals surface area contributed by atoms with Crippen LogP contribution >= 0.6 is 0 Å². The Morgan fingerprint density at radius 2 is 2.33 bits per heavy atom. The van der Waals surface area contributed by atoms with Crippen LogP contribution in [0.1, 0.15) is 5.56 Å². The quantitative estimate of drug-likeness (QED) is 0.362. The molecule has 6 nitrogen and oxygen atoms in total. The van der Waals surface area contributed by atoms with Gasteiger partial charge in [-0.3, -0.25) is 15.5 Å². The standard InChI is InChI=1S/C6H7N3O3/c1-4-3-8(10)6(7)2-5(4)9(11)12/h2-3,7,10H,1H3. The normalized spacial score (nSPS) is 9.75. The van der Waals surface area contributed by atoms with Crippen molar-refractivity contribution in [1.29, 1.82) is 5.41 Å². The van der Waals surface area contributed by atoms with Gasteiger partial charge in [0.2, 0.25) is 0 Å². The Bertz CT molecular complexity index is 382. The lowest BCUT2D eigenvalue weighted by Gasteiger charge is -1.99. The van der Waals surface area contributed by atoms with Crippen LogP contribution in [0.15, 0.2) is 12.3 Å². The van der Waals surface area contributed by atoms with E-state index in [-0.39, 0.29) is 11.2 Å². The summed E-state index contributed by atoms with van der Waals surface area (Å²) < 4.78 is 0.530. The molecule has 0 fully saturated rings. The second kappa shape index (κ2) is 2.65. The molecule has 0 atom stereocenters. The van der Waals surface area contributed by atoms with Crippen LogP contribution in [0.4, 0.5) is 5.69 Å². The molecule has 0 aliphatic rings. The fourth-order valence-corrected chi connectivity index (χ4v) is 0.825. The highest BCUT2D eigenvalue weighted by atomic mass is 16.6. The van der Waals surface area contributed by atoms with E-state index < -0.39 is 4.92 Å². The largest absolute Gasteiger partial charge is 0.427 e. The molecule has 1 aromatic heterocycles. The third-order valence-corrected chi connectivity index (χ3v) is 1.44. The van der Waals surface area contributed by atoms with E-state index in [1.807, 2.05) is 0 Å². The molecule has 0 aliphatic carbocycles. The van der Waals surface area contributed by atoms with Crippen molar-refractivity contribution in [3.63, 3.8) is 0 Å². The predicted molar refractivity (Wildman–Crippen MR) is 38.9 cm³/mol. The van der Waals surface area contributed by atoms with Crippen LogP contribution in [0.2, 0.25) is 0 Å². The van der Waals surface area contributed by atoms with E-state index in [2.05, 4.69) is 0 Å². The molecule has 0 aliphatic heterocycles. The Hall–Kier alpha value is -1.85. The summed E-state index contributed by atoms with van der Waals surface area (Å²) in [4.78, 5) is 9.73. The molecule has 1 rings (SSSR count). The van der Waals surface area contributed by atoms with E-state index in [4.69, 9.17) is 10.6 Å². The average Bonchev–Trinajstić information content (AvgIpc) is 1.96. The highest BCUT2D eigenvalue weighted by molar-refractivity contribution is 5.35. The molecule has 1 aromatic rings. The van der Waals surface area contributed by atoms with Crippen molar-refractivity contribution in [2.45, 2.75) is 6.92 Å². The SMILES string of the molecule is Cc1cn(O)c(=N)cc1[N+](=O)[O-]. The third kappa shape index (κ3) is 1.26. The monoisotopic (exact) mass is 169 g/mol. The predicted octanol–water partition coefficient (Wildman–Crippen LogP) is 0.421. The lowest BCUT2D eigenvalue weighted by Crippen LogP contribution is -2.17. The molecule has 6 heteroatoms. The van der Waals surface area contributed by atoms with Crippen LogP contribution in [0, 0.1) is 22.4 Å². The Kier molecular flexibility index (Phi) is 1.82. The number of nitrogens with zero attached hydrogens (tertiary/aromatic N) is 2. The maximum atomic E-state index is 10.3. The molecular formula is C6H7N3O3. The summed E-state index contributed by atoms with van der Waals surface area (Å²) in [6, 6.07) is 0.995. The molecular weight excluding hydrogens is 162 g/mol. The molecule has 0 saturated heterocycles. The van der Waals surface area contributed by atoms with Crippen molar-refractivity contribution in [2.24, 2.45) is 0 Å². The maximum Gasteiger partial charge on any atom is 0.277 e. The molecule has 0 bridgehead atoms. The highest BCUT2D eigenvalue weighted by Gasteiger charge is 2.10. The van der Waals surface area contributed by atoms with Gasteiger partial charge in [0.15, 0.2) is 5.49 Å². The van der Waals surface area contributed by atoms with Gasteiger partial charge in [0.25, 0.3) is 5.69 Å². The van der Waals surface area contributed by atoms with Gasteiger partial charge in [-0.15, -0.1) is 0 Å². The van der Waals surface area contributed by atoms with Gasteiger partial charge in [0, 0.05) is 5.56 Å². The zero-order chi connectivity index (χ0) is 9.30. The number of hydrogen-bond donors (Lipinski definition) is 2. The molecule has 1 heterocycles. The lowest BCUT2D eigenvalue weighted by atomic mass is 10.3. The van der Waals surface area contributed by atoms with Gasteiger partial charge in [-0.05, 0) is 6.92 Å². The molecule has 0 amide bonds. The van der Waals surface area contributed by atoms with Gasteiger partial charge in [0.05, 0.1) is 17.2 Å². The highest BCUT2D eigenvalue weighted by Crippen LogP contribution is 2.12. The van der Waals surface area contributed by atoms with E-state index >= 15 is 0 Å². The van der Waals surface area contributed by atoms with E-state index in [1.54, 1.807) is 0 Å². The topological polar surface area (TPSA) is 92.2 Å². The molecule has 2 N–H and O–H groups in total. The zero-order valence-corrected chi connectivity index (χ0v) is 6.31. The number of nitrogens with one attached hydrogen (secondary N) is 1. The average molecular weight is 169 g/mol. The van der Waals surface area contributed by atoms with Crippen LogP contribution in [0.25, 0.3) is 0 Å².